The lowest BCUT2D eigenvalue weighted by molar-refractivity contribution is 0.277. The smallest absolute Gasteiger partial charge is 0.205 e. The van der Waals surface area contributed by atoms with E-state index in [2.05, 4.69) is 6.07 Å². The lowest BCUT2D eigenvalue weighted by Gasteiger charge is -2.33. The number of nitrogens with zero attached hydrogens (tertiary/aromatic N) is 1. The van der Waals surface area contributed by atoms with Crippen LogP contribution in [-0.4, -0.2) is 0 Å². The van der Waals surface area contributed by atoms with Crippen molar-refractivity contribution in [1.29, 1.82) is 5.26 Å². The Balaban J connectivity index is 1.90. The first-order valence-electron chi connectivity index (χ1n) is 9.31. The van der Waals surface area contributed by atoms with Crippen LogP contribution in [0.15, 0.2) is 64.8 Å². The van der Waals surface area contributed by atoms with Crippen molar-refractivity contribution in [3.8, 4) is 6.07 Å². The first-order chi connectivity index (χ1) is 14.4. The van der Waals surface area contributed by atoms with E-state index in [1.807, 2.05) is 30.3 Å². The van der Waals surface area contributed by atoms with Crippen LogP contribution in [0, 0.1) is 11.3 Å². The number of allylic oxidation sites excluding steroid dienone is 3. The summed E-state index contributed by atoms with van der Waals surface area (Å²) in [6.07, 6.45) is 4.39. The van der Waals surface area contributed by atoms with E-state index >= 15 is 0 Å². The molecule has 152 valence electrons. The molecule has 0 fully saturated rings. The average Bonchev–Trinajstić information content (AvgIpc) is 2.73. The molecule has 0 radical (unpaired) electrons. The molecule has 0 unspecified atom stereocenters. The van der Waals surface area contributed by atoms with Crippen LogP contribution in [0.25, 0.3) is 6.08 Å². The third-order valence-corrected chi connectivity index (χ3v) is 6.98. The molecule has 2 N–H and O–H groups in total. The number of nitrogens with two attached hydrogens (primary N) is 1. The van der Waals surface area contributed by atoms with E-state index in [-0.39, 0.29) is 5.88 Å². The van der Waals surface area contributed by atoms with E-state index in [1.165, 1.54) is 0 Å². The van der Waals surface area contributed by atoms with E-state index in [0.717, 1.165) is 41.5 Å². The lowest BCUT2D eigenvalue weighted by atomic mass is 9.77. The normalized spacial score (nSPS) is 20.1. The molecule has 0 bridgehead atoms. The molecule has 0 saturated heterocycles. The number of nitriles is 1. The highest BCUT2D eigenvalue weighted by molar-refractivity contribution is 6.43. The van der Waals surface area contributed by atoms with Crippen molar-refractivity contribution in [2.75, 3.05) is 0 Å². The van der Waals surface area contributed by atoms with Crippen molar-refractivity contribution in [2.24, 2.45) is 5.73 Å². The van der Waals surface area contributed by atoms with Crippen molar-refractivity contribution < 1.29 is 4.74 Å². The molecule has 1 aliphatic heterocycles. The largest absolute Gasteiger partial charge is 0.440 e. The number of halogens is 4. The zero-order valence-electron chi connectivity index (χ0n) is 15.7. The van der Waals surface area contributed by atoms with Gasteiger partial charge >= 0.3 is 0 Å². The maximum absolute atomic E-state index is 9.80. The molecule has 7 heteroatoms. The Kier molecular flexibility index (Phi) is 6.04. The van der Waals surface area contributed by atoms with E-state index in [0.29, 0.717) is 31.4 Å². The third-order valence-electron chi connectivity index (χ3n) is 5.31. The molecular formula is C23H16Cl4N2O. The monoisotopic (exact) mass is 476 g/mol. The molecule has 1 atom stereocenters. The summed E-state index contributed by atoms with van der Waals surface area (Å²) in [7, 11) is 0. The van der Waals surface area contributed by atoms with E-state index in [1.54, 1.807) is 12.1 Å². The van der Waals surface area contributed by atoms with Crippen LogP contribution in [0.1, 0.15) is 36.3 Å². The van der Waals surface area contributed by atoms with Gasteiger partial charge in [-0.3, -0.25) is 0 Å². The fourth-order valence-corrected chi connectivity index (χ4v) is 4.73. The summed E-state index contributed by atoms with van der Waals surface area (Å²) in [6.45, 7) is 0. The van der Waals surface area contributed by atoms with Crippen LogP contribution in [0.4, 0.5) is 0 Å². The molecule has 30 heavy (non-hydrogen) atoms. The predicted octanol–water partition coefficient (Wildman–Crippen LogP) is 7.63. The van der Waals surface area contributed by atoms with Gasteiger partial charge in [-0.2, -0.15) is 5.26 Å². The summed E-state index contributed by atoms with van der Waals surface area (Å²) in [5.74, 6) is 0.320. The van der Waals surface area contributed by atoms with Gasteiger partial charge in [0.1, 0.15) is 17.4 Å². The number of hydrogen-bond acceptors (Lipinski definition) is 3. The fourth-order valence-electron chi connectivity index (χ4n) is 3.95. The van der Waals surface area contributed by atoms with Crippen molar-refractivity contribution in [3.05, 3.63) is 96.0 Å². The first-order valence-corrected chi connectivity index (χ1v) is 10.8. The van der Waals surface area contributed by atoms with Crippen LogP contribution in [0.3, 0.4) is 0 Å². The van der Waals surface area contributed by atoms with Gasteiger partial charge in [-0.25, -0.2) is 0 Å². The third kappa shape index (κ3) is 3.70. The number of benzene rings is 2. The molecule has 2 aromatic carbocycles. The van der Waals surface area contributed by atoms with Gasteiger partial charge in [0.05, 0.1) is 26.0 Å². The Morgan fingerprint density at radius 3 is 2.43 bits per heavy atom. The highest BCUT2D eigenvalue weighted by Gasteiger charge is 2.36. The second-order valence-electron chi connectivity index (χ2n) is 7.09. The van der Waals surface area contributed by atoms with E-state index in [9.17, 15) is 5.26 Å². The minimum Gasteiger partial charge on any atom is -0.440 e. The first kappa shape index (κ1) is 21.2. The molecule has 0 spiro atoms. The summed E-state index contributed by atoms with van der Waals surface area (Å²) < 4.78 is 5.96. The van der Waals surface area contributed by atoms with Gasteiger partial charge in [0.25, 0.3) is 0 Å². The van der Waals surface area contributed by atoms with Gasteiger partial charge in [0, 0.05) is 0 Å². The Morgan fingerprint density at radius 1 is 1.00 bits per heavy atom. The van der Waals surface area contributed by atoms with Crippen LogP contribution >= 0.6 is 46.4 Å². The zero-order chi connectivity index (χ0) is 21.4. The Morgan fingerprint density at radius 2 is 1.70 bits per heavy atom. The standard InChI is InChI=1S/C23H16Cl4N2O/c24-17-8-2-4-12(20(17)26)10-13-5-1-7-15-19(14-6-3-9-18(25)21(14)27)16(11-28)23(29)30-22(13)15/h2-4,6,8-10,19H,1,5,7,29H2/b13-10+/t19-/m1/s1. The highest BCUT2D eigenvalue weighted by atomic mass is 35.5. The number of rotatable bonds is 2. The predicted molar refractivity (Wildman–Crippen MR) is 122 cm³/mol. The molecule has 4 rings (SSSR count). The summed E-state index contributed by atoms with van der Waals surface area (Å²) in [5.41, 5.74) is 9.94. The average molecular weight is 478 g/mol. The topological polar surface area (TPSA) is 59.0 Å². The molecule has 0 amide bonds. The second kappa shape index (κ2) is 8.57. The molecule has 0 saturated carbocycles. The van der Waals surface area contributed by atoms with Crippen molar-refractivity contribution in [2.45, 2.75) is 25.2 Å². The molecule has 3 nitrogen and oxygen atoms in total. The van der Waals surface area contributed by atoms with Crippen molar-refractivity contribution in [3.63, 3.8) is 0 Å². The number of hydrogen-bond donors (Lipinski definition) is 1. The van der Waals surface area contributed by atoms with Gasteiger partial charge < -0.3 is 10.5 Å². The molecular weight excluding hydrogens is 462 g/mol. The molecule has 0 aromatic heterocycles. The molecule has 1 heterocycles. The van der Waals surface area contributed by atoms with Gasteiger partial charge in [-0.15, -0.1) is 0 Å². The maximum Gasteiger partial charge on any atom is 0.205 e. The quantitative estimate of drug-likeness (QED) is 0.483. The lowest BCUT2D eigenvalue weighted by Crippen LogP contribution is -2.24. The number of ether oxygens (including phenoxy) is 1. The van der Waals surface area contributed by atoms with Crippen LogP contribution < -0.4 is 5.73 Å². The van der Waals surface area contributed by atoms with Gasteiger partial charge in [0.2, 0.25) is 5.88 Å². The summed E-state index contributed by atoms with van der Waals surface area (Å²) in [6, 6.07) is 13.1. The van der Waals surface area contributed by atoms with E-state index < -0.39 is 5.92 Å². The molecule has 1 aliphatic carbocycles. The van der Waals surface area contributed by atoms with Crippen molar-refractivity contribution in [1.82, 2.24) is 0 Å². The van der Waals surface area contributed by atoms with Gasteiger partial charge in [0.15, 0.2) is 0 Å². The summed E-state index contributed by atoms with van der Waals surface area (Å²) in [5, 5.41) is 11.6. The zero-order valence-corrected chi connectivity index (χ0v) is 18.7. The highest BCUT2D eigenvalue weighted by Crippen LogP contribution is 2.49. The fraction of sp³-hybridized carbons (Fsp3) is 0.174. The Labute approximate surface area is 194 Å². The van der Waals surface area contributed by atoms with Crippen LogP contribution in [0.2, 0.25) is 20.1 Å². The maximum atomic E-state index is 9.80. The van der Waals surface area contributed by atoms with Crippen LogP contribution in [-0.2, 0) is 4.74 Å². The molecule has 2 aliphatic rings. The van der Waals surface area contributed by atoms with E-state index in [4.69, 9.17) is 56.9 Å². The summed E-state index contributed by atoms with van der Waals surface area (Å²) >= 11 is 25.3. The van der Waals surface area contributed by atoms with Crippen LogP contribution in [0.5, 0.6) is 0 Å². The minimum atomic E-state index is -0.413. The molecule has 2 aromatic rings. The second-order valence-corrected chi connectivity index (χ2v) is 8.66. The summed E-state index contributed by atoms with van der Waals surface area (Å²) in [4.78, 5) is 0. The van der Waals surface area contributed by atoms with Gasteiger partial charge in [-0.05, 0) is 59.7 Å². The Hall–Kier alpha value is -2.09. The minimum absolute atomic E-state index is 0.0716. The van der Waals surface area contributed by atoms with Gasteiger partial charge in [-0.1, -0.05) is 70.7 Å². The van der Waals surface area contributed by atoms with Crippen molar-refractivity contribution >= 4 is 52.5 Å². The SMILES string of the molecule is N#CC1=C(N)OC2=C(CCC/C2=C\c2cccc(Cl)c2Cl)[C@H]1c1cccc(Cl)c1Cl. The Bertz CT molecular complexity index is 1170.